The normalized spacial score (nSPS) is 20.3. The van der Waals surface area contributed by atoms with Crippen molar-refractivity contribution in [2.24, 2.45) is 0 Å². The first-order valence-corrected chi connectivity index (χ1v) is 11.4. The van der Waals surface area contributed by atoms with Crippen molar-refractivity contribution in [2.45, 2.75) is 57.8 Å². The van der Waals surface area contributed by atoms with Gasteiger partial charge < -0.3 is 0 Å². The van der Waals surface area contributed by atoms with E-state index in [9.17, 15) is 0 Å². The van der Waals surface area contributed by atoms with Gasteiger partial charge in [0, 0.05) is 5.56 Å². The zero-order valence-corrected chi connectivity index (χ0v) is 17.9. The van der Waals surface area contributed by atoms with Crippen LogP contribution in [0.4, 0.5) is 0 Å². The second-order valence-corrected chi connectivity index (χ2v) is 9.25. The molecule has 2 nitrogen and oxygen atoms in total. The molecule has 1 aromatic heterocycles. The van der Waals surface area contributed by atoms with Crippen molar-refractivity contribution in [2.75, 3.05) is 0 Å². The number of benzene rings is 3. The summed E-state index contributed by atoms with van der Waals surface area (Å²) in [6.07, 6.45) is 6.77. The summed E-state index contributed by atoms with van der Waals surface area (Å²) in [6, 6.07) is 22.2. The summed E-state index contributed by atoms with van der Waals surface area (Å²) < 4.78 is 2.42. The number of para-hydroxylation sites is 1. The predicted octanol–water partition coefficient (Wildman–Crippen LogP) is 7.45. The summed E-state index contributed by atoms with van der Waals surface area (Å²) in [7, 11) is 0. The summed E-state index contributed by atoms with van der Waals surface area (Å²) in [4.78, 5) is 5.23. The Bertz CT molecular complexity index is 1220. The van der Waals surface area contributed by atoms with Crippen LogP contribution in [0.3, 0.4) is 0 Å². The smallest absolute Gasteiger partial charge is 0.145 e. The fourth-order valence-corrected chi connectivity index (χ4v) is 5.95. The monoisotopic (exact) mass is 392 g/mol. The van der Waals surface area contributed by atoms with E-state index in [1.807, 2.05) is 0 Å². The van der Waals surface area contributed by atoms with Gasteiger partial charge in [0.05, 0.1) is 16.7 Å². The Kier molecular flexibility index (Phi) is 4.09. The molecular formula is C28H28N2. The molecule has 0 radical (unpaired) electrons. The minimum atomic E-state index is 0.727. The highest BCUT2D eigenvalue weighted by atomic mass is 15.1. The summed E-state index contributed by atoms with van der Waals surface area (Å²) in [6.45, 7) is 4.43. The van der Waals surface area contributed by atoms with Crippen molar-refractivity contribution in [3.05, 3.63) is 82.9 Å². The largest absolute Gasteiger partial charge is 0.292 e. The second-order valence-electron chi connectivity index (χ2n) is 9.25. The highest BCUT2D eigenvalue weighted by Gasteiger charge is 2.32. The number of hydrogen-bond acceptors (Lipinski definition) is 1. The Morgan fingerprint density at radius 2 is 1.43 bits per heavy atom. The molecule has 0 N–H and O–H groups in total. The van der Waals surface area contributed by atoms with Crippen LogP contribution >= 0.6 is 0 Å². The molecule has 4 aromatic rings. The molecule has 0 amide bonds. The third-order valence-electron chi connectivity index (χ3n) is 7.40. The van der Waals surface area contributed by atoms with Gasteiger partial charge in [0.1, 0.15) is 5.82 Å². The van der Waals surface area contributed by atoms with E-state index in [4.69, 9.17) is 4.98 Å². The van der Waals surface area contributed by atoms with E-state index in [1.54, 1.807) is 11.1 Å². The maximum Gasteiger partial charge on any atom is 0.145 e. The molecule has 7 rings (SSSR count). The molecule has 0 saturated heterocycles. The number of fused-ring (bicyclic) bond motifs is 4. The topological polar surface area (TPSA) is 17.8 Å². The van der Waals surface area contributed by atoms with Crippen LogP contribution in [-0.4, -0.2) is 9.55 Å². The number of aromatic nitrogens is 2. The fourth-order valence-electron chi connectivity index (χ4n) is 5.95. The van der Waals surface area contributed by atoms with Crippen LogP contribution in [0, 0.1) is 13.8 Å². The molecule has 1 heterocycles. The van der Waals surface area contributed by atoms with Crippen molar-refractivity contribution in [3.8, 4) is 17.1 Å². The standard InChI is InChI=1S/C28H28N2/c1-18-8-6-9-19(2)27(18)30-26-17-24-21-13-7-12-20(14-15-21)23(24)16-25(26)29-28(30)22-10-4-3-5-11-22/h3-6,8-11,16-17,20-21H,7,12-15H2,1-2H3. The Morgan fingerprint density at radius 3 is 2.13 bits per heavy atom. The fraction of sp³-hybridized carbons (Fsp3) is 0.321. The lowest BCUT2D eigenvalue weighted by atomic mass is 9.78. The van der Waals surface area contributed by atoms with E-state index in [2.05, 4.69) is 79.1 Å². The van der Waals surface area contributed by atoms with Crippen LogP contribution in [0.1, 0.15) is 66.2 Å². The van der Waals surface area contributed by atoms with Crippen molar-refractivity contribution >= 4 is 11.0 Å². The molecule has 1 fully saturated rings. The number of hydrogen-bond donors (Lipinski definition) is 0. The first-order valence-electron chi connectivity index (χ1n) is 11.4. The van der Waals surface area contributed by atoms with E-state index in [1.165, 1.54) is 60.0 Å². The maximum absolute atomic E-state index is 5.23. The third kappa shape index (κ3) is 2.66. The molecule has 2 atom stereocenters. The average Bonchev–Trinajstić information content (AvgIpc) is 2.90. The Balaban J connectivity index is 1.70. The minimum Gasteiger partial charge on any atom is -0.292 e. The molecule has 2 heteroatoms. The Hall–Kier alpha value is -2.87. The first-order chi connectivity index (χ1) is 14.7. The molecule has 150 valence electrons. The van der Waals surface area contributed by atoms with Gasteiger partial charge in [-0.25, -0.2) is 4.98 Å². The molecule has 3 aliphatic carbocycles. The van der Waals surface area contributed by atoms with Crippen molar-refractivity contribution in [1.82, 2.24) is 9.55 Å². The predicted molar refractivity (Wildman–Crippen MR) is 125 cm³/mol. The average molecular weight is 393 g/mol. The highest BCUT2D eigenvalue weighted by molar-refractivity contribution is 5.86. The van der Waals surface area contributed by atoms with Gasteiger partial charge in [-0.05, 0) is 85.8 Å². The summed E-state index contributed by atoms with van der Waals surface area (Å²) in [5, 5.41) is 0. The van der Waals surface area contributed by atoms with Crippen LogP contribution in [0.15, 0.2) is 60.7 Å². The third-order valence-corrected chi connectivity index (χ3v) is 7.40. The van der Waals surface area contributed by atoms with Crippen LogP contribution < -0.4 is 0 Å². The van der Waals surface area contributed by atoms with Crippen molar-refractivity contribution in [1.29, 1.82) is 0 Å². The molecule has 30 heavy (non-hydrogen) atoms. The van der Waals surface area contributed by atoms with Gasteiger partial charge in [-0.15, -0.1) is 0 Å². The lowest BCUT2D eigenvalue weighted by molar-refractivity contribution is 0.528. The highest BCUT2D eigenvalue weighted by Crippen LogP contribution is 2.48. The number of rotatable bonds is 2. The Labute approximate surface area is 178 Å². The molecule has 3 aliphatic rings. The molecule has 2 bridgehead atoms. The van der Waals surface area contributed by atoms with Gasteiger partial charge in [-0.3, -0.25) is 4.57 Å². The van der Waals surface area contributed by atoms with Gasteiger partial charge in [0.15, 0.2) is 0 Å². The number of nitrogens with zero attached hydrogens (tertiary/aromatic N) is 2. The van der Waals surface area contributed by atoms with E-state index >= 15 is 0 Å². The number of imidazole rings is 1. The van der Waals surface area contributed by atoms with Gasteiger partial charge in [0.25, 0.3) is 0 Å². The quantitative estimate of drug-likeness (QED) is 0.346. The van der Waals surface area contributed by atoms with Crippen LogP contribution in [0.5, 0.6) is 0 Å². The lowest BCUT2D eigenvalue weighted by Crippen LogP contribution is -2.11. The zero-order chi connectivity index (χ0) is 20.2. The zero-order valence-electron chi connectivity index (χ0n) is 17.9. The molecule has 1 saturated carbocycles. The van der Waals surface area contributed by atoms with E-state index in [0.717, 1.165) is 23.2 Å². The molecule has 0 spiro atoms. The van der Waals surface area contributed by atoms with Crippen LogP contribution in [0.2, 0.25) is 0 Å². The lowest BCUT2D eigenvalue weighted by Gasteiger charge is -2.27. The maximum atomic E-state index is 5.23. The van der Waals surface area contributed by atoms with Gasteiger partial charge >= 0.3 is 0 Å². The van der Waals surface area contributed by atoms with Crippen LogP contribution in [-0.2, 0) is 0 Å². The molecular weight excluding hydrogens is 364 g/mol. The SMILES string of the molecule is Cc1cccc(C)c1-n1c(-c2ccccc2)nc2cc3c(cc21)C1CCCC3CC1. The summed E-state index contributed by atoms with van der Waals surface area (Å²) >= 11 is 0. The van der Waals surface area contributed by atoms with Crippen molar-refractivity contribution in [3.63, 3.8) is 0 Å². The summed E-state index contributed by atoms with van der Waals surface area (Å²) in [5.41, 5.74) is 10.6. The number of aryl methyl sites for hydroxylation is 2. The van der Waals surface area contributed by atoms with Crippen LogP contribution in [0.25, 0.3) is 28.1 Å². The van der Waals surface area contributed by atoms with Gasteiger partial charge in [0.2, 0.25) is 0 Å². The minimum absolute atomic E-state index is 0.727. The molecule has 0 aliphatic heterocycles. The van der Waals surface area contributed by atoms with E-state index < -0.39 is 0 Å². The van der Waals surface area contributed by atoms with E-state index in [-0.39, 0.29) is 0 Å². The van der Waals surface area contributed by atoms with E-state index in [0.29, 0.717) is 0 Å². The van der Waals surface area contributed by atoms with Crippen molar-refractivity contribution < 1.29 is 0 Å². The second kappa shape index (κ2) is 6.84. The summed E-state index contributed by atoms with van der Waals surface area (Å²) in [5.74, 6) is 2.51. The first kappa shape index (κ1) is 17.9. The molecule has 2 unspecified atom stereocenters. The Morgan fingerprint density at radius 1 is 0.767 bits per heavy atom. The van der Waals surface area contributed by atoms with Gasteiger partial charge in [-0.2, -0.15) is 0 Å². The van der Waals surface area contributed by atoms with Gasteiger partial charge in [-0.1, -0.05) is 55.0 Å². The molecule has 3 aromatic carbocycles.